The molecule has 3 heteroatoms. The smallest absolute Gasteiger partial charge is 0.0890 e. The monoisotopic (exact) mass is 227 g/mol. The number of benzene rings is 1. The van der Waals surface area contributed by atoms with Gasteiger partial charge in [0.05, 0.1) is 22.9 Å². The Morgan fingerprint density at radius 2 is 2.06 bits per heavy atom. The Balaban J connectivity index is 1.71. The van der Waals surface area contributed by atoms with Gasteiger partial charge in [0.15, 0.2) is 0 Å². The lowest BCUT2D eigenvalue weighted by atomic mass is 10.2. The fourth-order valence-electron chi connectivity index (χ4n) is 2.11. The summed E-state index contributed by atoms with van der Waals surface area (Å²) in [5.74, 6) is 0.878. The summed E-state index contributed by atoms with van der Waals surface area (Å²) in [4.78, 5) is 9.02. The molecular weight excluding hydrogens is 210 g/mol. The van der Waals surface area contributed by atoms with E-state index in [4.69, 9.17) is 0 Å². The number of para-hydroxylation sites is 2. The van der Waals surface area contributed by atoms with Crippen molar-refractivity contribution in [1.29, 1.82) is 0 Å². The molecule has 3 rings (SSSR count). The van der Waals surface area contributed by atoms with Crippen LogP contribution < -0.4 is 5.32 Å². The molecule has 1 aromatic carbocycles. The van der Waals surface area contributed by atoms with Gasteiger partial charge < -0.3 is 5.32 Å². The van der Waals surface area contributed by atoms with Crippen LogP contribution in [0.3, 0.4) is 0 Å². The zero-order chi connectivity index (χ0) is 11.7. The van der Waals surface area contributed by atoms with Crippen molar-refractivity contribution in [3.63, 3.8) is 0 Å². The van der Waals surface area contributed by atoms with E-state index in [2.05, 4.69) is 22.2 Å². The van der Waals surface area contributed by atoms with Crippen molar-refractivity contribution in [2.75, 3.05) is 0 Å². The summed E-state index contributed by atoms with van der Waals surface area (Å²) in [7, 11) is 0. The van der Waals surface area contributed by atoms with Gasteiger partial charge >= 0.3 is 0 Å². The molecule has 1 aromatic heterocycles. The molecule has 0 amide bonds. The number of hydrogen-bond acceptors (Lipinski definition) is 3. The fraction of sp³-hybridized carbons (Fsp3) is 0.429. The molecule has 2 aromatic rings. The van der Waals surface area contributed by atoms with E-state index in [1.54, 1.807) is 0 Å². The molecule has 3 nitrogen and oxygen atoms in total. The molecule has 0 radical (unpaired) electrons. The number of fused-ring (bicyclic) bond motifs is 1. The largest absolute Gasteiger partial charge is 0.308 e. The maximum atomic E-state index is 4.60. The molecule has 17 heavy (non-hydrogen) atoms. The Morgan fingerprint density at radius 3 is 2.82 bits per heavy atom. The van der Waals surface area contributed by atoms with Crippen LogP contribution in [-0.2, 0) is 6.54 Å². The third-order valence-electron chi connectivity index (χ3n) is 3.43. The van der Waals surface area contributed by atoms with E-state index in [1.807, 2.05) is 30.5 Å². The predicted octanol–water partition coefficient (Wildman–Crippen LogP) is 2.52. The van der Waals surface area contributed by atoms with Crippen LogP contribution in [0.1, 0.15) is 25.5 Å². The summed E-state index contributed by atoms with van der Waals surface area (Å²) in [6, 6.07) is 8.59. The van der Waals surface area contributed by atoms with E-state index >= 15 is 0 Å². The molecule has 0 aliphatic heterocycles. The first-order valence-electron chi connectivity index (χ1n) is 6.27. The van der Waals surface area contributed by atoms with Crippen LogP contribution in [0.4, 0.5) is 0 Å². The maximum absolute atomic E-state index is 4.60. The number of nitrogens with one attached hydrogen (secondary N) is 1. The molecule has 0 spiro atoms. The Bertz CT molecular complexity index is 520. The average molecular weight is 227 g/mol. The molecular formula is C14H17N3. The number of hydrogen-bond donors (Lipinski definition) is 1. The second kappa shape index (κ2) is 4.41. The first kappa shape index (κ1) is 10.7. The van der Waals surface area contributed by atoms with Crippen LogP contribution in [0.15, 0.2) is 30.5 Å². The highest BCUT2D eigenvalue weighted by molar-refractivity contribution is 5.73. The van der Waals surface area contributed by atoms with Gasteiger partial charge in [-0.2, -0.15) is 0 Å². The van der Waals surface area contributed by atoms with E-state index in [1.165, 1.54) is 12.8 Å². The molecule has 1 atom stereocenters. The molecule has 1 unspecified atom stereocenters. The maximum Gasteiger partial charge on any atom is 0.0890 e. The van der Waals surface area contributed by atoms with Gasteiger partial charge in [-0.15, -0.1) is 0 Å². The fourth-order valence-corrected chi connectivity index (χ4v) is 2.11. The molecule has 1 aliphatic carbocycles. The van der Waals surface area contributed by atoms with Crippen molar-refractivity contribution >= 4 is 11.0 Å². The van der Waals surface area contributed by atoms with Crippen LogP contribution in [-0.4, -0.2) is 16.0 Å². The Labute approximate surface area is 101 Å². The van der Waals surface area contributed by atoms with Crippen molar-refractivity contribution in [1.82, 2.24) is 15.3 Å². The summed E-state index contributed by atoms with van der Waals surface area (Å²) < 4.78 is 0. The molecule has 1 aliphatic rings. The number of nitrogens with zero attached hydrogens (tertiary/aromatic N) is 2. The van der Waals surface area contributed by atoms with Crippen molar-refractivity contribution < 1.29 is 0 Å². The van der Waals surface area contributed by atoms with E-state index in [9.17, 15) is 0 Å². The van der Waals surface area contributed by atoms with Crippen LogP contribution in [0.2, 0.25) is 0 Å². The van der Waals surface area contributed by atoms with Gasteiger partial charge in [-0.25, -0.2) is 4.98 Å². The van der Waals surface area contributed by atoms with E-state index in [0.717, 1.165) is 29.2 Å². The third kappa shape index (κ3) is 2.44. The Hall–Kier alpha value is -1.48. The lowest BCUT2D eigenvalue weighted by Crippen LogP contribution is -2.27. The van der Waals surface area contributed by atoms with E-state index in [-0.39, 0.29) is 0 Å². The molecule has 0 bridgehead atoms. The summed E-state index contributed by atoms with van der Waals surface area (Å²) in [6.45, 7) is 3.07. The number of aromatic nitrogens is 2. The summed E-state index contributed by atoms with van der Waals surface area (Å²) in [5, 5.41) is 3.52. The van der Waals surface area contributed by atoms with Crippen molar-refractivity contribution in [3.8, 4) is 0 Å². The minimum absolute atomic E-state index is 0.600. The normalized spacial score (nSPS) is 17.2. The van der Waals surface area contributed by atoms with Gasteiger partial charge in [0.2, 0.25) is 0 Å². The van der Waals surface area contributed by atoms with Gasteiger partial charge in [-0.05, 0) is 37.8 Å². The highest BCUT2D eigenvalue weighted by Gasteiger charge is 2.27. The number of rotatable bonds is 4. The lowest BCUT2D eigenvalue weighted by molar-refractivity contribution is 0.492. The van der Waals surface area contributed by atoms with Gasteiger partial charge in [-0.3, -0.25) is 4.98 Å². The molecule has 1 N–H and O–H groups in total. The van der Waals surface area contributed by atoms with Crippen molar-refractivity contribution in [2.45, 2.75) is 32.4 Å². The van der Waals surface area contributed by atoms with Gasteiger partial charge in [0.1, 0.15) is 0 Å². The highest BCUT2D eigenvalue weighted by Crippen LogP contribution is 2.32. The summed E-state index contributed by atoms with van der Waals surface area (Å²) >= 11 is 0. The first-order chi connectivity index (χ1) is 8.33. The molecule has 88 valence electrons. The summed E-state index contributed by atoms with van der Waals surface area (Å²) in [5.41, 5.74) is 2.97. The molecule has 1 fully saturated rings. The minimum Gasteiger partial charge on any atom is -0.308 e. The Morgan fingerprint density at radius 1 is 1.29 bits per heavy atom. The van der Waals surface area contributed by atoms with E-state index < -0.39 is 0 Å². The Kier molecular flexibility index (Phi) is 2.77. The standard InChI is InChI=1S/C14H17N3/c1-10(11-6-7-11)15-8-12-9-16-13-4-2-3-5-14(13)17-12/h2-5,9-11,15H,6-8H2,1H3. The average Bonchev–Trinajstić information content (AvgIpc) is 3.20. The zero-order valence-electron chi connectivity index (χ0n) is 10.1. The lowest BCUT2D eigenvalue weighted by Gasteiger charge is -2.12. The topological polar surface area (TPSA) is 37.8 Å². The van der Waals surface area contributed by atoms with Crippen LogP contribution >= 0.6 is 0 Å². The van der Waals surface area contributed by atoms with Crippen molar-refractivity contribution in [2.24, 2.45) is 5.92 Å². The van der Waals surface area contributed by atoms with Crippen LogP contribution in [0.25, 0.3) is 11.0 Å². The SMILES string of the molecule is CC(NCc1cnc2ccccc2n1)C1CC1. The quantitative estimate of drug-likeness (QED) is 0.872. The minimum atomic E-state index is 0.600. The third-order valence-corrected chi connectivity index (χ3v) is 3.43. The second-order valence-corrected chi connectivity index (χ2v) is 4.86. The van der Waals surface area contributed by atoms with Gasteiger partial charge in [-0.1, -0.05) is 12.1 Å². The van der Waals surface area contributed by atoms with Crippen LogP contribution in [0.5, 0.6) is 0 Å². The van der Waals surface area contributed by atoms with Gasteiger partial charge in [0, 0.05) is 12.6 Å². The van der Waals surface area contributed by atoms with E-state index in [0.29, 0.717) is 6.04 Å². The van der Waals surface area contributed by atoms with Gasteiger partial charge in [0.25, 0.3) is 0 Å². The van der Waals surface area contributed by atoms with Crippen molar-refractivity contribution in [3.05, 3.63) is 36.2 Å². The molecule has 0 saturated heterocycles. The predicted molar refractivity (Wildman–Crippen MR) is 68.6 cm³/mol. The highest BCUT2D eigenvalue weighted by atomic mass is 14.9. The molecule has 1 saturated carbocycles. The first-order valence-corrected chi connectivity index (χ1v) is 6.27. The molecule has 1 heterocycles. The zero-order valence-corrected chi connectivity index (χ0v) is 10.1. The van der Waals surface area contributed by atoms with Crippen LogP contribution in [0, 0.1) is 5.92 Å². The second-order valence-electron chi connectivity index (χ2n) is 4.86. The summed E-state index contributed by atoms with van der Waals surface area (Å²) in [6.07, 6.45) is 4.62.